The third kappa shape index (κ3) is 1.93. The number of aromatic nitrogens is 1. The van der Waals surface area contributed by atoms with Gasteiger partial charge >= 0.3 is 0 Å². The van der Waals surface area contributed by atoms with Crippen LogP contribution < -0.4 is 5.56 Å². The fourth-order valence-electron chi connectivity index (χ4n) is 1.43. The number of hydrogen-bond donors (Lipinski definition) is 0. The van der Waals surface area contributed by atoms with Gasteiger partial charge in [0.1, 0.15) is 5.82 Å². The van der Waals surface area contributed by atoms with Gasteiger partial charge < -0.3 is 0 Å². The van der Waals surface area contributed by atoms with E-state index < -0.39 is 0 Å². The topological polar surface area (TPSA) is 22.0 Å². The Bertz CT molecular complexity index is 569. The van der Waals surface area contributed by atoms with E-state index in [-0.39, 0.29) is 11.4 Å². The Hall–Kier alpha value is -2.16. The Morgan fingerprint density at radius 2 is 1.81 bits per heavy atom. The SMILES string of the molecule is C=Cc1ccc(=O)n(-c2ccc(F)cc2)c1. The minimum absolute atomic E-state index is 0.155. The van der Waals surface area contributed by atoms with Gasteiger partial charge in [0, 0.05) is 18.0 Å². The Morgan fingerprint density at radius 1 is 1.12 bits per heavy atom. The summed E-state index contributed by atoms with van der Waals surface area (Å²) >= 11 is 0. The lowest BCUT2D eigenvalue weighted by molar-refractivity contribution is 0.627. The highest BCUT2D eigenvalue weighted by atomic mass is 19.1. The molecule has 2 rings (SSSR count). The van der Waals surface area contributed by atoms with Crippen LogP contribution in [0.3, 0.4) is 0 Å². The molecule has 0 radical (unpaired) electrons. The van der Waals surface area contributed by atoms with E-state index in [0.29, 0.717) is 5.69 Å². The van der Waals surface area contributed by atoms with Gasteiger partial charge in [-0.2, -0.15) is 0 Å². The number of benzene rings is 1. The van der Waals surface area contributed by atoms with Gasteiger partial charge in [-0.15, -0.1) is 0 Å². The van der Waals surface area contributed by atoms with Crippen LogP contribution in [0.15, 0.2) is 54.0 Å². The Morgan fingerprint density at radius 3 is 2.44 bits per heavy atom. The molecule has 1 aromatic heterocycles. The molecular formula is C13H10FNO. The molecule has 3 heteroatoms. The number of halogens is 1. The van der Waals surface area contributed by atoms with Crippen molar-refractivity contribution in [2.24, 2.45) is 0 Å². The first-order valence-electron chi connectivity index (χ1n) is 4.82. The van der Waals surface area contributed by atoms with Crippen molar-refractivity contribution in [1.82, 2.24) is 4.57 Å². The van der Waals surface area contributed by atoms with Gasteiger partial charge in [0.2, 0.25) is 0 Å². The standard InChI is InChI=1S/C13H10FNO/c1-2-10-3-8-13(16)15(9-10)12-6-4-11(14)5-7-12/h2-9H,1H2. The molecule has 2 nitrogen and oxygen atoms in total. The molecule has 2 aromatic rings. The van der Waals surface area contributed by atoms with E-state index in [1.54, 1.807) is 30.5 Å². The highest BCUT2D eigenvalue weighted by Gasteiger charge is 2.00. The molecule has 0 aliphatic heterocycles. The fraction of sp³-hybridized carbons (Fsp3) is 0. The normalized spacial score (nSPS) is 10.1. The molecule has 80 valence electrons. The van der Waals surface area contributed by atoms with Crippen LogP contribution in [-0.2, 0) is 0 Å². The minimum atomic E-state index is -0.323. The average molecular weight is 215 g/mol. The van der Waals surface area contributed by atoms with Gasteiger partial charge in [-0.25, -0.2) is 4.39 Å². The van der Waals surface area contributed by atoms with E-state index in [1.165, 1.54) is 22.8 Å². The predicted molar refractivity (Wildman–Crippen MR) is 62.1 cm³/mol. The Labute approximate surface area is 92.3 Å². The molecule has 0 atom stereocenters. The van der Waals surface area contributed by atoms with Crippen molar-refractivity contribution in [2.75, 3.05) is 0 Å². The molecule has 1 aromatic carbocycles. The van der Waals surface area contributed by atoms with Gasteiger partial charge in [0.05, 0.1) is 0 Å². The van der Waals surface area contributed by atoms with E-state index in [1.807, 2.05) is 0 Å². The van der Waals surface area contributed by atoms with Crippen LogP contribution in [0.1, 0.15) is 5.56 Å². The summed E-state index contributed by atoms with van der Waals surface area (Å²) in [6, 6.07) is 8.91. The molecule has 0 N–H and O–H groups in total. The Kier molecular flexibility index (Phi) is 2.68. The maximum Gasteiger partial charge on any atom is 0.255 e. The summed E-state index contributed by atoms with van der Waals surface area (Å²) in [5.74, 6) is -0.323. The van der Waals surface area contributed by atoms with Crippen molar-refractivity contribution < 1.29 is 4.39 Å². The zero-order valence-corrected chi connectivity index (χ0v) is 8.56. The lowest BCUT2D eigenvalue weighted by Gasteiger charge is -2.06. The van der Waals surface area contributed by atoms with Crippen LogP contribution in [0.25, 0.3) is 11.8 Å². The number of pyridine rings is 1. The zero-order valence-electron chi connectivity index (χ0n) is 8.56. The average Bonchev–Trinajstić information content (AvgIpc) is 2.31. The molecule has 1 heterocycles. The van der Waals surface area contributed by atoms with Crippen LogP contribution in [-0.4, -0.2) is 4.57 Å². The van der Waals surface area contributed by atoms with E-state index in [0.717, 1.165) is 5.56 Å². The van der Waals surface area contributed by atoms with E-state index >= 15 is 0 Å². The summed E-state index contributed by atoms with van der Waals surface area (Å²) in [7, 11) is 0. The highest BCUT2D eigenvalue weighted by molar-refractivity contribution is 5.46. The second-order valence-corrected chi connectivity index (χ2v) is 3.35. The van der Waals surface area contributed by atoms with Gasteiger partial charge in [0.25, 0.3) is 5.56 Å². The van der Waals surface area contributed by atoms with E-state index in [2.05, 4.69) is 6.58 Å². The smallest absolute Gasteiger partial charge is 0.255 e. The lowest BCUT2D eigenvalue weighted by Crippen LogP contribution is -2.16. The van der Waals surface area contributed by atoms with Gasteiger partial charge in [-0.1, -0.05) is 12.7 Å². The number of hydrogen-bond acceptors (Lipinski definition) is 1. The second-order valence-electron chi connectivity index (χ2n) is 3.35. The van der Waals surface area contributed by atoms with Gasteiger partial charge in [-0.05, 0) is 35.9 Å². The third-order valence-electron chi connectivity index (χ3n) is 2.27. The molecule has 0 fully saturated rings. The monoisotopic (exact) mass is 215 g/mol. The molecule has 0 saturated heterocycles. The minimum Gasteiger partial charge on any atom is -0.284 e. The van der Waals surface area contributed by atoms with E-state index in [9.17, 15) is 9.18 Å². The largest absolute Gasteiger partial charge is 0.284 e. The number of nitrogens with zero attached hydrogens (tertiary/aromatic N) is 1. The maximum absolute atomic E-state index is 12.7. The molecule has 16 heavy (non-hydrogen) atoms. The summed E-state index contributed by atoms with van der Waals surface area (Å²) < 4.78 is 14.2. The maximum atomic E-state index is 12.7. The first-order valence-corrected chi connectivity index (χ1v) is 4.82. The number of rotatable bonds is 2. The molecule has 0 amide bonds. The van der Waals surface area contributed by atoms with Crippen molar-refractivity contribution >= 4 is 6.08 Å². The van der Waals surface area contributed by atoms with Gasteiger partial charge in [0.15, 0.2) is 0 Å². The Balaban J connectivity index is 2.58. The summed E-state index contributed by atoms with van der Waals surface area (Å²) in [6.07, 6.45) is 3.32. The molecule has 0 spiro atoms. The second kappa shape index (κ2) is 4.14. The predicted octanol–water partition coefficient (Wildman–Crippen LogP) is 2.62. The third-order valence-corrected chi connectivity index (χ3v) is 2.27. The van der Waals surface area contributed by atoms with Crippen molar-refractivity contribution in [1.29, 1.82) is 0 Å². The molecule has 0 unspecified atom stereocenters. The van der Waals surface area contributed by atoms with Crippen LogP contribution in [0.2, 0.25) is 0 Å². The summed E-state index contributed by atoms with van der Waals surface area (Å²) in [5.41, 5.74) is 1.32. The van der Waals surface area contributed by atoms with Crippen LogP contribution >= 0.6 is 0 Å². The quantitative estimate of drug-likeness (QED) is 0.754. The summed E-state index contributed by atoms with van der Waals surface area (Å²) in [6.45, 7) is 3.63. The van der Waals surface area contributed by atoms with Crippen molar-refractivity contribution in [3.05, 3.63) is 70.9 Å². The van der Waals surface area contributed by atoms with Crippen LogP contribution in [0, 0.1) is 5.82 Å². The molecule has 0 saturated carbocycles. The molecular weight excluding hydrogens is 205 g/mol. The highest BCUT2D eigenvalue weighted by Crippen LogP contribution is 2.08. The first kappa shape index (κ1) is 10.4. The van der Waals surface area contributed by atoms with Crippen LogP contribution in [0.5, 0.6) is 0 Å². The molecule has 0 aliphatic rings. The van der Waals surface area contributed by atoms with Crippen molar-refractivity contribution in [3.8, 4) is 5.69 Å². The first-order chi connectivity index (χ1) is 7.70. The van der Waals surface area contributed by atoms with Gasteiger partial charge in [-0.3, -0.25) is 9.36 Å². The zero-order chi connectivity index (χ0) is 11.5. The molecule has 0 aliphatic carbocycles. The van der Waals surface area contributed by atoms with E-state index in [4.69, 9.17) is 0 Å². The van der Waals surface area contributed by atoms with Crippen LogP contribution in [0.4, 0.5) is 4.39 Å². The molecule has 0 bridgehead atoms. The van der Waals surface area contributed by atoms with Crippen molar-refractivity contribution in [3.63, 3.8) is 0 Å². The fourth-order valence-corrected chi connectivity index (χ4v) is 1.43. The summed E-state index contributed by atoms with van der Waals surface area (Å²) in [5, 5.41) is 0. The summed E-state index contributed by atoms with van der Waals surface area (Å²) in [4.78, 5) is 11.6. The lowest BCUT2D eigenvalue weighted by atomic mass is 10.2. The van der Waals surface area contributed by atoms with Crippen molar-refractivity contribution in [2.45, 2.75) is 0 Å².